The van der Waals surface area contributed by atoms with E-state index in [0.717, 1.165) is 17.7 Å². The lowest BCUT2D eigenvalue weighted by atomic mass is 10.0. The highest BCUT2D eigenvalue weighted by Crippen LogP contribution is 2.39. The van der Waals surface area contributed by atoms with E-state index in [-0.39, 0.29) is 17.4 Å². The molecule has 1 atom stereocenters. The van der Waals surface area contributed by atoms with Gasteiger partial charge in [0.05, 0.1) is 16.6 Å². The van der Waals surface area contributed by atoms with Crippen LogP contribution in [0.4, 0.5) is 10.2 Å². The van der Waals surface area contributed by atoms with E-state index in [1.807, 2.05) is 6.07 Å². The number of thioether (sulfide) groups is 1. The lowest BCUT2D eigenvalue weighted by Gasteiger charge is -2.27. The molecule has 3 N–H and O–H groups in total. The monoisotopic (exact) mass is 337 g/mol. The van der Waals surface area contributed by atoms with E-state index in [0.29, 0.717) is 15.7 Å². The number of aromatic nitrogens is 1. The van der Waals surface area contributed by atoms with Crippen molar-refractivity contribution in [2.24, 2.45) is 5.73 Å². The van der Waals surface area contributed by atoms with Gasteiger partial charge in [-0.05, 0) is 24.1 Å². The summed E-state index contributed by atoms with van der Waals surface area (Å²) in [6, 6.07) is 6.45. The van der Waals surface area contributed by atoms with E-state index in [1.54, 1.807) is 6.07 Å². The molecule has 1 unspecified atom stereocenters. The van der Waals surface area contributed by atoms with Crippen LogP contribution in [0, 0.1) is 5.82 Å². The molecule has 0 radical (unpaired) electrons. The molecule has 2 heterocycles. The molecule has 2 aromatic rings. The third kappa shape index (κ3) is 2.89. The molecule has 0 saturated carbocycles. The Labute approximate surface area is 136 Å². The number of carbonyl (C=O) groups is 1. The minimum absolute atomic E-state index is 0.0728. The summed E-state index contributed by atoms with van der Waals surface area (Å²) < 4.78 is 13.9. The normalized spacial score (nSPS) is 16.9. The maximum atomic E-state index is 13.9. The van der Waals surface area contributed by atoms with Gasteiger partial charge in [-0.3, -0.25) is 4.79 Å². The number of primary amides is 1. The highest BCUT2D eigenvalue weighted by molar-refractivity contribution is 7.99. The van der Waals surface area contributed by atoms with Gasteiger partial charge in [-0.1, -0.05) is 23.7 Å². The molecule has 1 amide bonds. The molecular formula is C15H13ClFN3OS. The second-order valence-corrected chi connectivity index (χ2v) is 6.42. The topological polar surface area (TPSA) is 68.0 Å². The van der Waals surface area contributed by atoms with Gasteiger partial charge in [-0.25, -0.2) is 9.37 Å². The summed E-state index contributed by atoms with van der Waals surface area (Å²) in [5, 5.41) is 3.54. The number of benzene rings is 1. The minimum atomic E-state index is -0.581. The molecule has 114 valence electrons. The summed E-state index contributed by atoms with van der Waals surface area (Å²) in [6.07, 6.45) is 2.21. The number of hydrogen-bond donors (Lipinski definition) is 2. The van der Waals surface area contributed by atoms with E-state index < -0.39 is 5.91 Å². The Bertz CT molecular complexity index is 741. The van der Waals surface area contributed by atoms with Gasteiger partial charge >= 0.3 is 0 Å². The van der Waals surface area contributed by atoms with Crippen LogP contribution in [0.2, 0.25) is 5.02 Å². The highest BCUT2D eigenvalue weighted by Gasteiger charge is 2.24. The van der Waals surface area contributed by atoms with E-state index >= 15 is 0 Å². The average Bonchev–Trinajstić information content (AvgIpc) is 2.50. The predicted molar refractivity (Wildman–Crippen MR) is 85.9 cm³/mol. The zero-order chi connectivity index (χ0) is 15.7. The zero-order valence-electron chi connectivity index (χ0n) is 11.5. The van der Waals surface area contributed by atoms with Crippen LogP contribution in [0.5, 0.6) is 0 Å². The summed E-state index contributed by atoms with van der Waals surface area (Å²) in [5.41, 5.74) is 6.34. The van der Waals surface area contributed by atoms with Crippen molar-refractivity contribution in [2.45, 2.75) is 17.4 Å². The second kappa shape index (κ2) is 6.14. The second-order valence-electron chi connectivity index (χ2n) is 4.91. The Morgan fingerprint density at radius 2 is 2.32 bits per heavy atom. The Kier molecular flexibility index (Phi) is 4.22. The molecule has 0 aliphatic carbocycles. The van der Waals surface area contributed by atoms with Gasteiger partial charge in [-0.2, -0.15) is 0 Å². The first-order valence-corrected chi connectivity index (χ1v) is 8.05. The fourth-order valence-corrected chi connectivity index (χ4v) is 3.74. The van der Waals surface area contributed by atoms with Gasteiger partial charge in [0.15, 0.2) is 0 Å². The van der Waals surface area contributed by atoms with Gasteiger partial charge in [-0.15, -0.1) is 11.8 Å². The number of amides is 1. The molecule has 7 heteroatoms. The maximum Gasteiger partial charge on any atom is 0.250 e. The van der Waals surface area contributed by atoms with Crippen LogP contribution < -0.4 is 11.1 Å². The number of anilines is 1. The van der Waals surface area contributed by atoms with Crippen LogP contribution >= 0.6 is 23.4 Å². The first-order valence-electron chi connectivity index (χ1n) is 6.69. The Hall–Kier alpha value is -1.79. The van der Waals surface area contributed by atoms with Crippen molar-refractivity contribution in [1.82, 2.24) is 4.98 Å². The molecule has 22 heavy (non-hydrogen) atoms. The third-order valence-corrected chi connectivity index (χ3v) is 4.91. The van der Waals surface area contributed by atoms with Crippen molar-refractivity contribution in [2.75, 3.05) is 11.1 Å². The highest BCUT2D eigenvalue weighted by atomic mass is 35.5. The number of nitrogens with one attached hydrogen (secondary N) is 1. The van der Waals surface area contributed by atoms with Crippen LogP contribution in [-0.4, -0.2) is 16.6 Å². The zero-order valence-corrected chi connectivity index (χ0v) is 13.0. The molecule has 1 aliphatic heterocycles. The molecular weight excluding hydrogens is 325 g/mol. The van der Waals surface area contributed by atoms with E-state index in [9.17, 15) is 9.18 Å². The van der Waals surface area contributed by atoms with Crippen LogP contribution in [0.25, 0.3) is 0 Å². The summed E-state index contributed by atoms with van der Waals surface area (Å²) in [5.74, 6) is 0.473. The number of carbonyl (C=O) groups excluding carboxylic acids is 1. The summed E-state index contributed by atoms with van der Waals surface area (Å²) in [7, 11) is 0. The minimum Gasteiger partial charge on any atom is -0.366 e. The first-order chi connectivity index (χ1) is 10.6. The molecule has 1 aromatic carbocycles. The summed E-state index contributed by atoms with van der Waals surface area (Å²) in [6.45, 7) is 0. The Morgan fingerprint density at radius 1 is 1.50 bits per heavy atom. The number of pyridine rings is 1. The van der Waals surface area contributed by atoms with Crippen LogP contribution in [-0.2, 0) is 0 Å². The van der Waals surface area contributed by atoms with Crippen LogP contribution in [0.1, 0.15) is 28.4 Å². The number of rotatable bonds is 3. The van der Waals surface area contributed by atoms with Crippen molar-refractivity contribution in [3.05, 3.63) is 52.4 Å². The fraction of sp³-hybridized carbons (Fsp3) is 0.200. The summed E-state index contributed by atoms with van der Waals surface area (Å²) >= 11 is 7.65. The van der Waals surface area contributed by atoms with Crippen molar-refractivity contribution in [3.63, 3.8) is 0 Å². The van der Waals surface area contributed by atoms with Crippen molar-refractivity contribution >= 4 is 35.1 Å². The van der Waals surface area contributed by atoms with E-state index in [1.165, 1.54) is 30.1 Å². The number of halogens is 2. The predicted octanol–water partition coefficient (Wildman–Crippen LogP) is 3.62. The van der Waals surface area contributed by atoms with Crippen LogP contribution in [0.15, 0.2) is 35.4 Å². The molecule has 0 bridgehead atoms. The quantitative estimate of drug-likeness (QED) is 0.897. The molecule has 0 fully saturated rings. The SMILES string of the molecule is NC(=O)c1cnc(NC2CCSc3c(F)cccc32)c(Cl)c1. The van der Waals surface area contributed by atoms with Gasteiger partial charge in [0.2, 0.25) is 5.91 Å². The number of nitrogens with zero attached hydrogens (tertiary/aromatic N) is 1. The molecule has 3 rings (SSSR count). The largest absolute Gasteiger partial charge is 0.366 e. The molecule has 1 aliphatic rings. The number of fused-ring (bicyclic) bond motifs is 1. The standard InChI is InChI=1S/C15H13ClFN3OS/c16-10-6-8(14(18)21)7-19-15(10)20-12-4-5-22-13-9(12)2-1-3-11(13)17/h1-3,6-7,12H,4-5H2,(H2,18,21)(H,19,20). The van der Waals surface area contributed by atoms with Crippen molar-refractivity contribution < 1.29 is 9.18 Å². The third-order valence-electron chi connectivity index (χ3n) is 3.46. The van der Waals surface area contributed by atoms with E-state index in [2.05, 4.69) is 10.3 Å². The van der Waals surface area contributed by atoms with Gasteiger partial charge in [0, 0.05) is 16.8 Å². The van der Waals surface area contributed by atoms with Gasteiger partial charge < -0.3 is 11.1 Å². The first kappa shape index (κ1) is 15.1. The summed E-state index contributed by atoms with van der Waals surface area (Å²) in [4.78, 5) is 15.9. The lowest BCUT2D eigenvalue weighted by molar-refractivity contribution is 0.1000. The molecule has 4 nitrogen and oxygen atoms in total. The maximum absolute atomic E-state index is 13.9. The smallest absolute Gasteiger partial charge is 0.250 e. The molecule has 0 saturated heterocycles. The Balaban J connectivity index is 1.89. The van der Waals surface area contributed by atoms with Crippen molar-refractivity contribution in [1.29, 1.82) is 0 Å². The number of nitrogens with two attached hydrogens (primary N) is 1. The van der Waals surface area contributed by atoms with Gasteiger partial charge in [0.1, 0.15) is 11.6 Å². The average molecular weight is 338 g/mol. The molecule has 1 aromatic heterocycles. The van der Waals surface area contributed by atoms with Crippen molar-refractivity contribution in [3.8, 4) is 0 Å². The molecule has 0 spiro atoms. The lowest BCUT2D eigenvalue weighted by Crippen LogP contribution is -2.18. The number of hydrogen-bond acceptors (Lipinski definition) is 4. The fourth-order valence-electron chi connectivity index (χ4n) is 2.38. The van der Waals surface area contributed by atoms with E-state index in [4.69, 9.17) is 17.3 Å². The Morgan fingerprint density at radius 3 is 3.05 bits per heavy atom. The van der Waals surface area contributed by atoms with Crippen LogP contribution in [0.3, 0.4) is 0 Å². The van der Waals surface area contributed by atoms with Gasteiger partial charge in [0.25, 0.3) is 0 Å².